The standard InChI is InChI=1S/C23H14Cl3F7N4O3/c1-2-39-20(38)37(12-3-4-13(24)16(7-12)36-9-17(34-10-36)22(28,29)30)18-8-21(40-35-18,23(31,32)33)11-5-14(25)19(27)15(26)6-11/h3-7,9-10H,2,8H2,1H3. The van der Waals surface area contributed by atoms with Gasteiger partial charge in [0.25, 0.3) is 5.60 Å². The third kappa shape index (κ3) is 5.39. The normalized spacial score (nSPS) is 17.4. The first-order valence-corrected chi connectivity index (χ1v) is 12.1. The Morgan fingerprint density at radius 2 is 1.75 bits per heavy atom. The van der Waals surface area contributed by atoms with Crippen molar-refractivity contribution >= 4 is 52.4 Å². The maximum atomic E-state index is 14.5. The Bertz CT molecular complexity index is 1470. The van der Waals surface area contributed by atoms with Gasteiger partial charge in [0.2, 0.25) is 0 Å². The van der Waals surface area contributed by atoms with E-state index >= 15 is 0 Å². The number of carbonyl (C=O) groups is 1. The third-order valence-electron chi connectivity index (χ3n) is 5.67. The van der Waals surface area contributed by atoms with Gasteiger partial charge in [0.1, 0.15) is 0 Å². The van der Waals surface area contributed by atoms with Crippen molar-refractivity contribution < 1.29 is 45.1 Å². The van der Waals surface area contributed by atoms with Gasteiger partial charge in [-0.25, -0.2) is 19.1 Å². The van der Waals surface area contributed by atoms with Crippen LogP contribution in [-0.4, -0.2) is 34.3 Å². The summed E-state index contributed by atoms with van der Waals surface area (Å²) in [5.41, 5.74) is -5.47. The SMILES string of the molecule is CCOC(=O)N(C1=NOC(c2cc(Cl)c(F)c(Cl)c2)(C(F)(F)F)C1)c1ccc(Cl)c(-n2cnc(C(F)(F)F)c2)c1. The summed E-state index contributed by atoms with van der Waals surface area (Å²) in [5.74, 6) is -1.76. The van der Waals surface area contributed by atoms with E-state index in [-0.39, 0.29) is 23.0 Å². The van der Waals surface area contributed by atoms with Gasteiger partial charge in [0.05, 0.1) is 45.8 Å². The number of benzene rings is 2. The molecule has 1 aliphatic rings. The van der Waals surface area contributed by atoms with E-state index in [2.05, 4.69) is 10.1 Å². The van der Waals surface area contributed by atoms with Crippen LogP contribution in [0.5, 0.6) is 0 Å². The number of rotatable bonds is 4. The van der Waals surface area contributed by atoms with Crippen molar-refractivity contribution in [1.29, 1.82) is 0 Å². The van der Waals surface area contributed by atoms with Gasteiger partial charge < -0.3 is 14.1 Å². The molecule has 0 spiro atoms. The molecule has 3 aromatic rings. The smallest absolute Gasteiger partial charge is 0.435 e. The van der Waals surface area contributed by atoms with Crippen LogP contribution < -0.4 is 4.90 Å². The Kier molecular flexibility index (Phi) is 7.91. The molecule has 214 valence electrons. The Balaban J connectivity index is 1.80. The number of nitrogens with zero attached hydrogens (tertiary/aromatic N) is 4. The Morgan fingerprint density at radius 3 is 2.30 bits per heavy atom. The number of imidazole rings is 1. The van der Waals surface area contributed by atoms with Crippen LogP contribution in [0.4, 0.5) is 41.2 Å². The second kappa shape index (κ2) is 10.6. The van der Waals surface area contributed by atoms with Crippen molar-refractivity contribution in [3.63, 3.8) is 0 Å². The van der Waals surface area contributed by atoms with Gasteiger partial charge in [-0.05, 0) is 37.3 Å². The number of amidine groups is 1. The van der Waals surface area contributed by atoms with Crippen LogP contribution in [-0.2, 0) is 21.4 Å². The molecular weight excluding hydrogens is 620 g/mol. The number of amides is 1. The van der Waals surface area contributed by atoms with Gasteiger partial charge >= 0.3 is 18.4 Å². The fourth-order valence-electron chi connectivity index (χ4n) is 3.78. The number of hydrogen-bond donors (Lipinski definition) is 0. The number of ether oxygens (including phenoxy) is 1. The molecule has 1 atom stereocenters. The molecule has 0 aliphatic carbocycles. The van der Waals surface area contributed by atoms with E-state index < -0.39 is 63.4 Å². The molecule has 7 nitrogen and oxygen atoms in total. The van der Waals surface area contributed by atoms with Gasteiger partial charge in [-0.3, -0.25) is 0 Å². The zero-order valence-corrected chi connectivity index (χ0v) is 22.0. The molecule has 1 aromatic heterocycles. The molecule has 0 fully saturated rings. The van der Waals surface area contributed by atoms with E-state index in [1.165, 1.54) is 19.1 Å². The molecule has 0 N–H and O–H groups in total. The van der Waals surface area contributed by atoms with Crippen LogP contribution in [0, 0.1) is 5.82 Å². The maximum Gasteiger partial charge on any atom is 0.435 e. The minimum Gasteiger partial charge on any atom is -0.449 e. The number of alkyl halides is 6. The van der Waals surface area contributed by atoms with Crippen molar-refractivity contribution in [2.75, 3.05) is 11.5 Å². The van der Waals surface area contributed by atoms with E-state index in [4.69, 9.17) is 44.4 Å². The zero-order valence-electron chi connectivity index (χ0n) is 19.7. The number of carbonyl (C=O) groups excluding carboxylic acids is 1. The third-order valence-corrected chi connectivity index (χ3v) is 6.54. The van der Waals surface area contributed by atoms with Crippen LogP contribution in [0.2, 0.25) is 15.1 Å². The molecule has 0 saturated heterocycles. The van der Waals surface area contributed by atoms with Crippen molar-refractivity contribution in [3.05, 3.63) is 75.0 Å². The van der Waals surface area contributed by atoms with Crippen LogP contribution >= 0.6 is 34.8 Å². The minimum absolute atomic E-state index is 0.0801. The highest BCUT2D eigenvalue weighted by Gasteiger charge is 2.63. The minimum atomic E-state index is -5.18. The Labute approximate surface area is 235 Å². The highest BCUT2D eigenvalue weighted by molar-refractivity contribution is 6.35. The predicted molar refractivity (Wildman–Crippen MR) is 130 cm³/mol. The molecular formula is C23H14Cl3F7N4O3. The summed E-state index contributed by atoms with van der Waals surface area (Å²) in [6.07, 6.45) is -10.8. The second-order valence-corrected chi connectivity index (χ2v) is 9.41. The lowest BCUT2D eigenvalue weighted by Gasteiger charge is -2.30. The van der Waals surface area contributed by atoms with Crippen LogP contribution in [0.3, 0.4) is 0 Å². The van der Waals surface area contributed by atoms with Crippen molar-refractivity contribution in [2.45, 2.75) is 31.3 Å². The van der Waals surface area contributed by atoms with E-state index in [1.807, 2.05) is 0 Å². The van der Waals surface area contributed by atoms with Crippen LogP contribution in [0.15, 0.2) is 48.0 Å². The second-order valence-electron chi connectivity index (χ2n) is 8.19. The lowest BCUT2D eigenvalue weighted by Crippen LogP contribution is -2.45. The molecule has 0 radical (unpaired) electrons. The monoisotopic (exact) mass is 632 g/mol. The first kappa shape index (κ1) is 29.7. The summed E-state index contributed by atoms with van der Waals surface area (Å²) in [7, 11) is 0. The van der Waals surface area contributed by atoms with E-state index in [9.17, 15) is 35.5 Å². The number of hydrogen-bond acceptors (Lipinski definition) is 5. The molecule has 1 amide bonds. The van der Waals surface area contributed by atoms with Crippen LogP contribution in [0.25, 0.3) is 5.69 Å². The number of oxime groups is 1. The Hall–Kier alpha value is -3.23. The molecule has 0 saturated carbocycles. The van der Waals surface area contributed by atoms with Crippen molar-refractivity contribution in [3.8, 4) is 5.69 Å². The summed E-state index contributed by atoms with van der Waals surface area (Å²) in [6, 6.07) is 4.84. The lowest BCUT2D eigenvalue weighted by atomic mass is 9.89. The predicted octanol–water partition coefficient (Wildman–Crippen LogP) is 8.14. The molecule has 0 bridgehead atoms. The highest BCUT2D eigenvalue weighted by Crippen LogP contribution is 2.50. The summed E-state index contributed by atoms with van der Waals surface area (Å²) >= 11 is 17.6. The van der Waals surface area contributed by atoms with Crippen molar-refractivity contribution in [1.82, 2.24) is 9.55 Å². The van der Waals surface area contributed by atoms with Gasteiger partial charge in [-0.2, -0.15) is 26.3 Å². The molecule has 1 unspecified atom stereocenters. The molecule has 4 rings (SSSR count). The quantitative estimate of drug-likeness (QED) is 0.215. The largest absolute Gasteiger partial charge is 0.449 e. The van der Waals surface area contributed by atoms with Gasteiger partial charge in [-0.15, -0.1) is 0 Å². The topological polar surface area (TPSA) is 68.9 Å². The summed E-state index contributed by atoms with van der Waals surface area (Å²) in [4.78, 5) is 21.7. The van der Waals surface area contributed by atoms with Crippen molar-refractivity contribution in [2.24, 2.45) is 5.16 Å². The Morgan fingerprint density at radius 1 is 1.10 bits per heavy atom. The summed E-state index contributed by atoms with van der Waals surface area (Å²) < 4.78 is 102. The number of aromatic nitrogens is 2. The van der Waals surface area contributed by atoms with Gasteiger partial charge in [0.15, 0.2) is 17.3 Å². The average Bonchev–Trinajstić information content (AvgIpc) is 3.52. The molecule has 40 heavy (non-hydrogen) atoms. The first-order chi connectivity index (χ1) is 18.6. The fourth-order valence-corrected chi connectivity index (χ4v) is 4.49. The molecule has 2 aromatic carbocycles. The zero-order chi connectivity index (χ0) is 29.6. The fraction of sp³-hybridized carbons (Fsp3) is 0.261. The van der Waals surface area contributed by atoms with Gasteiger partial charge in [-0.1, -0.05) is 40.0 Å². The van der Waals surface area contributed by atoms with Gasteiger partial charge in [0, 0.05) is 11.8 Å². The first-order valence-electron chi connectivity index (χ1n) is 10.9. The summed E-state index contributed by atoms with van der Waals surface area (Å²) in [5, 5.41) is 1.98. The maximum absolute atomic E-state index is 14.5. The van der Waals surface area contributed by atoms with E-state index in [0.717, 1.165) is 17.0 Å². The van der Waals surface area contributed by atoms with E-state index in [1.54, 1.807) is 0 Å². The summed E-state index contributed by atoms with van der Waals surface area (Å²) in [6.45, 7) is 1.23. The number of halogens is 10. The van der Waals surface area contributed by atoms with Crippen LogP contribution in [0.1, 0.15) is 24.6 Å². The van der Waals surface area contributed by atoms with E-state index in [0.29, 0.717) is 23.2 Å². The number of anilines is 1. The highest BCUT2D eigenvalue weighted by atomic mass is 35.5. The molecule has 17 heteroatoms. The lowest BCUT2D eigenvalue weighted by molar-refractivity contribution is -0.275. The average molecular weight is 634 g/mol. The molecule has 2 heterocycles. The molecule has 1 aliphatic heterocycles.